The van der Waals surface area contributed by atoms with E-state index in [9.17, 15) is 0 Å². The molecule has 0 spiro atoms. The van der Waals surface area contributed by atoms with Gasteiger partial charge in [0.05, 0.1) is 0 Å². The standard InChI is InChI=1S/C2H4.O.Ti/c1-2;;/h1-2H2;;/q;-2;+2. The van der Waals surface area contributed by atoms with Gasteiger partial charge in [-0.2, -0.15) is 0 Å². The van der Waals surface area contributed by atoms with Crippen LogP contribution in [-0.2, 0) is 24.6 Å². The molecule has 1 aliphatic heterocycles. The molecule has 0 amide bonds. The minimum absolute atomic E-state index is 0. The zero-order chi connectivity index (χ0) is 2.12. The van der Waals surface area contributed by atoms with E-state index in [-0.39, 0.29) is 5.48 Å². The van der Waals surface area contributed by atoms with Gasteiger partial charge in [0.1, 0.15) is 0 Å². The molecule has 1 saturated heterocycles. The van der Waals surface area contributed by atoms with Gasteiger partial charge in [-0.1, -0.05) is 0 Å². The Morgan fingerprint density at radius 1 is 1.25 bits per heavy atom. The maximum absolute atomic E-state index is 1.62. The van der Waals surface area contributed by atoms with Gasteiger partial charge in [-0.05, 0) is 0 Å². The third-order valence-electron chi connectivity index (χ3n) is 0.250. The molecule has 22 valence electrons. The van der Waals surface area contributed by atoms with Gasteiger partial charge >= 0.3 is 28.6 Å². The summed E-state index contributed by atoms with van der Waals surface area (Å²) in [5, 5.41) is 0. The van der Waals surface area contributed by atoms with Gasteiger partial charge in [0.25, 0.3) is 0 Å². The smallest absolute Gasteiger partial charge is 2.00 e. The molecule has 0 unspecified atom stereocenters. The first-order chi connectivity index (χ1) is 1.50. The molecule has 1 nitrogen and oxygen atoms in total. The quantitative estimate of drug-likeness (QED) is 0.395. The van der Waals surface area contributed by atoms with Crippen molar-refractivity contribution in [1.82, 2.24) is 0 Å². The average molecular weight is 91.9 g/mol. The predicted octanol–water partition coefficient (Wildman–Crippen LogP) is 0.800. The molecule has 1 fully saturated rings. The number of rotatable bonds is 0. The second kappa shape index (κ2) is 1.95. The molecule has 0 saturated carbocycles. The van der Waals surface area contributed by atoms with Crippen LogP contribution in [0, 0.1) is 0 Å². The van der Waals surface area contributed by atoms with Gasteiger partial charge in [0.2, 0.25) is 0 Å². The van der Waals surface area contributed by atoms with Gasteiger partial charge < -0.3 is 5.48 Å². The van der Waals surface area contributed by atoms with Crippen LogP contribution in [0.25, 0.3) is 0 Å². The zero-order valence-corrected chi connectivity index (χ0v) is 3.88. The van der Waals surface area contributed by atoms with E-state index in [1.165, 1.54) is 0 Å². The van der Waals surface area contributed by atoms with E-state index in [0.717, 1.165) is 19.2 Å². The molecule has 1 heterocycles. The molecule has 4 heavy (non-hydrogen) atoms. The van der Waals surface area contributed by atoms with Crippen molar-refractivity contribution in [3.63, 3.8) is 0 Å². The van der Waals surface area contributed by atoms with Crippen molar-refractivity contribution in [3.05, 3.63) is 0 Å². The minimum atomic E-state index is 0. The van der Waals surface area contributed by atoms with E-state index in [1.807, 2.05) is 0 Å². The molecule has 0 bridgehead atoms. The third kappa shape index (κ3) is 2.67. The van der Waals surface area contributed by atoms with Crippen molar-refractivity contribution >= 4 is 0 Å². The fourth-order valence-corrected chi connectivity index (χ4v) is 0. The second-order valence-electron chi connectivity index (χ2n) is 0.750. The third-order valence-corrected chi connectivity index (χ3v) is 1.03. The Morgan fingerprint density at radius 3 is 1.50 bits per heavy atom. The van der Waals surface area contributed by atoms with Gasteiger partial charge in [0, 0.05) is 0 Å². The van der Waals surface area contributed by atoms with Crippen LogP contribution in [0.3, 0.4) is 0 Å². The van der Waals surface area contributed by atoms with Crippen molar-refractivity contribution in [2.45, 2.75) is 9.45 Å². The van der Waals surface area contributed by atoms with E-state index < -0.39 is 0 Å². The number of hydrogen-bond donors (Lipinski definition) is 0. The van der Waals surface area contributed by atoms with Crippen LogP contribution in [0.15, 0.2) is 0 Å². The van der Waals surface area contributed by atoms with E-state index in [0.29, 0.717) is 0 Å². The van der Waals surface area contributed by atoms with E-state index in [4.69, 9.17) is 0 Å². The molecule has 2 heteroatoms. The largest absolute Gasteiger partial charge is 2.00 e. The Morgan fingerprint density at radius 2 is 1.50 bits per heavy atom. The summed E-state index contributed by atoms with van der Waals surface area (Å²) in [6.45, 7) is 0. The molecule has 0 atom stereocenters. The van der Waals surface area contributed by atoms with Gasteiger partial charge in [-0.25, -0.2) is 0 Å². The Hall–Kier alpha value is 0.674. The molecular weight excluding hydrogens is 87.9 g/mol. The SMILES string of the molecule is [CH2]1[CH2][Ti+2]1.[O-2]. The van der Waals surface area contributed by atoms with Crippen LogP contribution in [0.4, 0.5) is 0 Å². The van der Waals surface area contributed by atoms with Crippen molar-refractivity contribution < 1.29 is 24.6 Å². The van der Waals surface area contributed by atoms with E-state index in [1.54, 1.807) is 9.45 Å². The van der Waals surface area contributed by atoms with Crippen LogP contribution in [0.5, 0.6) is 0 Å². The summed E-state index contributed by atoms with van der Waals surface area (Å²) in [7, 11) is 0. The molecule has 0 aromatic carbocycles. The van der Waals surface area contributed by atoms with Crippen LogP contribution >= 0.6 is 0 Å². The molecule has 0 radical (unpaired) electrons. The molecule has 0 N–H and O–H groups in total. The minimum Gasteiger partial charge on any atom is -2.00 e. The first-order valence-electron chi connectivity index (χ1n) is 1.21. The van der Waals surface area contributed by atoms with Crippen molar-refractivity contribution in [3.8, 4) is 0 Å². The summed E-state index contributed by atoms with van der Waals surface area (Å²) in [5.41, 5.74) is 0. The molecule has 0 aliphatic carbocycles. The fraction of sp³-hybridized carbons (Fsp3) is 1.00. The molecule has 0 aromatic heterocycles. The molecule has 1 rings (SSSR count). The predicted molar refractivity (Wildman–Crippen MR) is 10.3 cm³/mol. The summed E-state index contributed by atoms with van der Waals surface area (Å²) in [6, 6.07) is 0. The number of hydrogen-bond acceptors (Lipinski definition) is 0. The Labute approximate surface area is 34.6 Å². The second-order valence-corrected chi connectivity index (χ2v) is 3.09. The van der Waals surface area contributed by atoms with Crippen LogP contribution in [0.1, 0.15) is 0 Å². The maximum Gasteiger partial charge on any atom is -2.00 e. The van der Waals surface area contributed by atoms with Crippen molar-refractivity contribution in [2.75, 3.05) is 0 Å². The first-order valence-corrected chi connectivity index (χ1v) is 3.42. The summed E-state index contributed by atoms with van der Waals surface area (Å²) in [4.78, 5) is 0. The summed E-state index contributed by atoms with van der Waals surface area (Å²) < 4.78 is 3.25. The van der Waals surface area contributed by atoms with Gasteiger partial charge in [-0.15, -0.1) is 0 Å². The fourth-order valence-electron chi connectivity index (χ4n) is 0. The van der Waals surface area contributed by atoms with Gasteiger partial charge in [-0.3, -0.25) is 0 Å². The van der Waals surface area contributed by atoms with Crippen LogP contribution in [-0.4, -0.2) is 0 Å². The Balaban J connectivity index is 0.0000000900. The Kier molecular flexibility index (Phi) is 2.27. The van der Waals surface area contributed by atoms with E-state index in [2.05, 4.69) is 0 Å². The van der Waals surface area contributed by atoms with Crippen molar-refractivity contribution in [2.24, 2.45) is 0 Å². The molecular formula is C2H4OTi. The summed E-state index contributed by atoms with van der Waals surface area (Å²) >= 11 is 0.750. The van der Waals surface area contributed by atoms with Crippen molar-refractivity contribution in [1.29, 1.82) is 0 Å². The molecule has 1 aliphatic rings. The maximum atomic E-state index is 1.62. The first kappa shape index (κ1) is 4.67. The van der Waals surface area contributed by atoms with Crippen LogP contribution < -0.4 is 0 Å². The van der Waals surface area contributed by atoms with Crippen LogP contribution in [0.2, 0.25) is 9.45 Å². The monoisotopic (exact) mass is 92.0 g/mol. The Bertz CT molecular complexity index is 10.8. The topological polar surface area (TPSA) is 28.5 Å². The van der Waals surface area contributed by atoms with E-state index >= 15 is 0 Å². The zero-order valence-electron chi connectivity index (χ0n) is 2.32. The normalized spacial score (nSPS) is 14.0. The summed E-state index contributed by atoms with van der Waals surface area (Å²) in [6.07, 6.45) is 0. The average Bonchev–Trinajstić information content (AvgIpc) is 1.46. The summed E-state index contributed by atoms with van der Waals surface area (Å²) in [5.74, 6) is 0. The van der Waals surface area contributed by atoms with Gasteiger partial charge in [0.15, 0.2) is 0 Å². The molecule has 0 aromatic rings.